The molecular weight excluding hydrogens is 304 g/mol. The molecule has 116 valence electrons. The summed E-state index contributed by atoms with van der Waals surface area (Å²) < 4.78 is 1.42. The molecule has 0 radical (unpaired) electrons. The highest BCUT2D eigenvalue weighted by molar-refractivity contribution is 7.07. The van der Waals surface area contributed by atoms with Crippen molar-refractivity contribution >= 4 is 23.2 Å². The van der Waals surface area contributed by atoms with Crippen molar-refractivity contribution in [2.24, 2.45) is 0 Å². The Kier molecular flexibility index (Phi) is 4.19. The smallest absolute Gasteiger partial charge is 0.325 e. The van der Waals surface area contributed by atoms with E-state index >= 15 is 0 Å². The quantitative estimate of drug-likeness (QED) is 0.921. The van der Waals surface area contributed by atoms with E-state index < -0.39 is 5.97 Å². The van der Waals surface area contributed by atoms with E-state index in [-0.39, 0.29) is 18.4 Å². The summed E-state index contributed by atoms with van der Waals surface area (Å²) in [4.78, 5) is 28.9. The van der Waals surface area contributed by atoms with E-state index in [1.165, 1.54) is 16.0 Å². The summed E-state index contributed by atoms with van der Waals surface area (Å²) in [6, 6.07) is 1.84. The molecule has 0 spiro atoms. The maximum atomic E-state index is 12.4. The molecule has 2 aromatic rings. The summed E-state index contributed by atoms with van der Waals surface area (Å²) in [7, 11) is 0. The van der Waals surface area contributed by atoms with Crippen LogP contribution in [-0.4, -0.2) is 49.7 Å². The second-order valence-corrected chi connectivity index (χ2v) is 6.01. The third kappa shape index (κ3) is 3.16. The van der Waals surface area contributed by atoms with E-state index in [0.717, 1.165) is 25.1 Å². The van der Waals surface area contributed by atoms with E-state index in [1.807, 2.05) is 6.07 Å². The van der Waals surface area contributed by atoms with Gasteiger partial charge in [0.25, 0.3) is 5.91 Å². The molecule has 1 fully saturated rings. The fraction of sp³-hybridized carbons (Fsp3) is 0.429. The lowest BCUT2D eigenvalue weighted by molar-refractivity contribution is -0.137. The first-order chi connectivity index (χ1) is 10.6. The SMILES string of the molecule is O=C(O)Cn1ccc([C@@H]2CCCN(C(=O)c3cscn3)C2)n1. The second-order valence-electron chi connectivity index (χ2n) is 5.30. The number of rotatable bonds is 4. The van der Waals surface area contributed by atoms with Crippen molar-refractivity contribution in [2.45, 2.75) is 25.3 Å². The number of carboxylic acids is 1. The number of piperidine rings is 1. The van der Waals surface area contributed by atoms with Gasteiger partial charge >= 0.3 is 5.97 Å². The maximum Gasteiger partial charge on any atom is 0.325 e. The van der Waals surface area contributed by atoms with E-state index in [0.29, 0.717) is 12.2 Å². The summed E-state index contributed by atoms with van der Waals surface area (Å²) >= 11 is 1.41. The van der Waals surface area contributed by atoms with Gasteiger partial charge in [-0.05, 0) is 18.9 Å². The Morgan fingerprint density at radius 2 is 2.32 bits per heavy atom. The van der Waals surface area contributed by atoms with Crippen LogP contribution in [0.3, 0.4) is 0 Å². The molecule has 2 aromatic heterocycles. The third-order valence-corrected chi connectivity index (χ3v) is 4.32. The molecule has 0 bridgehead atoms. The van der Waals surface area contributed by atoms with Crippen LogP contribution in [0, 0.1) is 0 Å². The van der Waals surface area contributed by atoms with Crippen LogP contribution < -0.4 is 0 Å². The zero-order valence-electron chi connectivity index (χ0n) is 11.9. The predicted molar refractivity (Wildman–Crippen MR) is 79.9 cm³/mol. The molecule has 0 unspecified atom stereocenters. The Labute approximate surface area is 131 Å². The Hall–Kier alpha value is -2.22. The fourth-order valence-electron chi connectivity index (χ4n) is 2.70. The molecule has 8 heteroatoms. The summed E-state index contributed by atoms with van der Waals surface area (Å²) in [5, 5.41) is 14.9. The van der Waals surface area contributed by atoms with Crippen molar-refractivity contribution in [3.63, 3.8) is 0 Å². The summed E-state index contributed by atoms with van der Waals surface area (Å²) in [5.74, 6) is -0.819. The normalized spacial score (nSPS) is 18.4. The van der Waals surface area contributed by atoms with E-state index in [2.05, 4.69) is 10.1 Å². The number of carboxylic acid groups (broad SMARTS) is 1. The number of nitrogens with zero attached hydrogens (tertiary/aromatic N) is 4. The third-order valence-electron chi connectivity index (χ3n) is 3.74. The van der Waals surface area contributed by atoms with E-state index in [1.54, 1.807) is 22.0 Å². The van der Waals surface area contributed by atoms with Gasteiger partial charge in [-0.15, -0.1) is 11.3 Å². The second kappa shape index (κ2) is 6.27. The Morgan fingerprint density at radius 3 is 3.05 bits per heavy atom. The molecule has 0 aliphatic carbocycles. The number of hydrogen-bond donors (Lipinski definition) is 1. The lowest BCUT2D eigenvalue weighted by atomic mass is 9.95. The van der Waals surface area contributed by atoms with E-state index in [9.17, 15) is 9.59 Å². The van der Waals surface area contributed by atoms with Crippen molar-refractivity contribution in [3.8, 4) is 0 Å². The van der Waals surface area contributed by atoms with Gasteiger partial charge in [-0.2, -0.15) is 5.10 Å². The molecule has 0 aromatic carbocycles. The van der Waals surface area contributed by atoms with Gasteiger partial charge in [0, 0.05) is 30.6 Å². The molecule has 1 atom stereocenters. The minimum absolute atomic E-state index is 0.0454. The minimum Gasteiger partial charge on any atom is -0.480 e. The highest BCUT2D eigenvalue weighted by atomic mass is 32.1. The van der Waals surface area contributed by atoms with Crippen molar-refractivity contribution < 1.29 is 14.7 Å². The number of likely N-dealkylation sites (tertiary alicyclic amines) is 1. The van der Waals surface area contributed by atoms with Crippen LogP contribution in [0.4, 0.5) is 0 Å². The van der Waals surface area contributed by atoms with Crippen LogP contribution in [0.1, 0.15) is 34.9 Å². The molecule has 1 saturated heterocycles. The van der Waals surface area contributed by atoms with Crippen molar-refractivity contribution in [1.82, 2.24) is 19.7 Å². The van der Waals surface area contributed by atoms with Gasteiger partial charge in [-0.1, -0.05) is 0 Å². The molecule has 22 heavy (non-hydrogen) atoms. The van der Waals surface area contributed by atoms with Gasteiger partial charge < -0.3 is 10.0 Å². The Morgan fingerprint density at radius 1 is 1.45 bits per heavy atom. The van der Waals surface area contributed by atoms with Crippen molar-refractivity contribution in [3.05, 3.63) is 34.5 Å². The highest BCUT2D eigenvalue weighted by Crippen LogP contribution is 2.26. The van der Waals surface area contributed by atoms with Gasteiger partial charge in [0.15, 0.2) is 0 Å². The van der Waals surface area contributed by atoms with Crippen LogP contribution in [0.5, 0.6) is 0 Å². The summed E-state index contributed by atoms with van der Waals surface area (Å²) in [6.07, 6.45) is 3.53. The van der Waals surface area contributed by atoms with Crippen LogP contribution in [0.25, 0.3) is 0 Å². The first-order valence-corrected chi connectivity index (χ1v) is 8.00. The molecular formula is C14H16N4O3S. The van der Waals surface area contributed by atoms with Crippen molar-refractivity contribution in [2.75, 3.05) is 13.1 Å². The number of aliphatic carboxylic acids is 1. The van der Waals surface area contributed by atoms with Gasteiger partial charge in [0.05, 0.1) is 11.2 Å². The molecule has 0 saturated carbocycles. The number of carbonyl (C=O) groups is 2. The van der Waals surface area contributed by atoms with Gasteiger partial charge in [0.1, 0.15) is 12.2 Å². The molecule has 7 nitrogen and oxygen atoms in total. The number of carbonyl (C=O) groups excluding carboxylic acids is 1. The standard InChI is InChI=1S/C14H16N4O3S/c19-13(20)7-18-5-3-11(16-18)10-2-1-4-17(6-10)14(21)12-8-22-9-15-12/h3,5,8-10H,1-2,4,6-7H2,(H,19,20)/t10-/m1/s1. The molecule has 3 heterocycles. The minimum atomic E-state index is -0.918. The summed E-state index contributed by atoms with van der Waals surface area (Å²) in [5.41, 5.74) is 2.99. The Bertz CT molecular complexity index is 667. The average molecular weight is 320 g/mol. The molecule has 3 rings (SSSR count). The van der Waals surface area contributed by atoms with E-state index in [4.69, 9.17) is 5.11 Å². The first-order valence-electron chi connectivity index (χ1n) is 7.06. The molecule has 1 amide bonds. The number of amides is 1. The van der Waals surface area contributed by atoms with Gasteiger partial charge in [-0.25, -0.2) is 4.98 Å². The van der Waals surface area contributed by atoms with Crippen LogP contribution >= 0.6 is 11.3 Å². The fourth-order valence-corrected chi connectivity index (χ4v) is 3.23. The predicted octanol–water partition coefficient (Wildman–Crippen LogP) is 1.44. The number of hydrogen-bond acceptors (Lipinski definition) is 5. The van der Waals surface area contributed by atoms with Gasteiger partial charge in [0.2, 0.25) is 0 Å². The van der Waals surface area contributed by atoms with Crippen LogP contribution in [-0.2, 0) is 11.3 Å². The number of thiazole rings is 1. The van der Waals surface area contributed by atoms with Gasteiger partial charge in [-0.3, -0.25) is 14.3 Å². The monoisotopic (exact) mass is 320 g/mol. The maximum absolute atomic E-state index is 12.4. The number of aromatic nitrogens is 3. The van der Waals surface area contributed by atoms with Crippen molar-refractivity contribution in [1.29, 1.82) is 0 Å². The van der Waals surface area contributed by atoms with Crippen LogP contribution in [0.2, 0.25) is 0 Å². The van der Waals surface area contributed by atoms with Crippen LogP contribution in [0.15, 0.2) is 23.2 Å². The first kappa shape index (κ1) is 14.7. The average Bonchev–Trinajstić information content (AvgIpc) is 3.17. The molecule has 1 aliphatic rings. The molecule has 1 N–H and O–H groups in total. The zero-order valence-corrected chi connectivity index (χ0v) is 12.7. The topological polar surface area (TPSA) is 88.3 Å². The lowest BCUT2D eigenvalue weighted by Gasteiger charge is -2.31. The lowest BCUT2D eigenvalue weighted by Crippen LogP contribution is -2.39. The highest BCUT2D eigenvalue weighted by Gasteiger charge is 2.27. The Balaban J connectivity index is 1.69. The zero-order chi connectivity index (χ0) is 15.5. The molecule has 1 aliphatic heterocycles. The summed E-state index contributed by atoms with van der Waals surface area (Å²) in [6.45, 7) is 1.18. The largest absolute Gasteiger partial charge is 0.480 e.